The Morgan fingerprint density at radius 1 is 1.44 bits per heavy atom. The molecule has 0 unspecified atom stereocenters. The second kappa shape index (κ2) is 4.35. The Balaban J connectivity index is 2.55. The van der Waals surface area contributed by atoms with Gasteiger partial charge in [0.2, 0.25) is 0 Å². The first-order valence-corrected chi connectivity index (χ1v) is 6.52. The van der Waals surface area contributed by atoms with E-state index in [-0.39, 0.29) is 5.78 Å². The van der Waals surface area contributed by atoms with Gasteiger partial charge in [-0.2, -0.15) is 0 Å². The van der Waals surface area contributed by atoms with Gasteiger partial charge in [-0.1, -0.05) is 17.4 Å². The van der Waals surface area contributed by atoms with Gasteiger partial charge in [-0.05, 0) is 11.4 Å². The zero-order valence-corrected chi connectivity index (χ0v) is 11.0. The summed E-state index contributed by atoms with van der Waals surface area (Å²) < 4.78 is 0. The van der Waals surface area contributed by atoms with E-state index in [0.717, 1.165) is 14.9 Å². The number of Topliss-reactive ketones (excluding diaryl/α,β-unsaturated/α-hetero) is 1. The molecule has 0 saturated heterocycles. The predicted molar refractivity (Wildman–Crippen MR) is 69.8 cm³/mol. The summed E-state index contributed by atoms with van der Waals surface area (Å²) in [5, 5.41) is 2.88. The Hall–Kier alpha value is -1.20. The van der Waals surface area contributed by atoms with Crippen molar-refractivity contribution in [2.24, 2.45) is 0 Å². The van der Waals surface area contributed by atoms with Crippen molar-refractivity contribution in [3.05, 3.63) is 23.2 Å². The van der Waals surface area contributed by atoms with E-state index >= 15 is 0 Å². The van der Waals surface area contributed by atoms with Crippen molar-refractivity contribution in [2.75, 3.05) is 19.0 Å². The van der Waals surface area contributed by atoms with Crippen LogP contribution in [0.2, 0.25) is 0 Å². The van der Waals surface area contributed by atoms with E-state index in [1.165, 1.54) is 0 Å². The fraction of sp³-hybridized carbons (Fsp3) is 0.273. The zero-order chi connectivity index (χ0) is 11.7. The van der Waals surface area contributed by atoms with E-state index in [2.05, 4.69) is 4.98 Å². The number of hydrogen-bond acceptors (Lipinski definition) is 5. The highest BCUT2D eigenvalue weighted by Crippen LogP contribution is 2.36. The highest BCUT2D eigenvalue weighted by molar-refractivity contribution is 7.23. The van der Waals surface area contributed by atoms with Crippen LogP contribution in [0.5, 0.6) is 0 Å². The van der Waals surface area contributed by atoms with Crippen LogP contribution in [-0.2, 0) is 0 Å². The average molecular weight is 252 g/mol. The molecule has 0 aliphatic heterocycles. The topological polar surface area (TPSA) is 33.2 Å². The van der Waals surface area contributed by atoms with Crippen molar-refractivity contribution in [1.82, 2.24) is 4.98 Å². The van der Waals surface area contributed by atoms with E-state index in [9.17, 15) is 4.79 Å². The third-order valence-electron chi connectivity index (χ3n) is 2.08. The molecule has 2 aromatic heterocycles. The molecule has 0 aliphatic rings. The summed E-state index contributed by atoms with van der Waals surface area (Å²) in [6.45, 7) is 1.56. The molecule has 0 fully saturated rings. The SMILES string of the molecule is CC(=O)c1nc(N(C)C)sc1-c1cccs1. The molecule has 0 aliphatic carbocycles. The van der Waals surface area contributed by atoms with Gasteiger partial charge in [-0.15, -0.1) is 11.3 Å². The summed E-state index contributed by atoms with van der Waals surface area (Å²) in [5.41, 5.74) is 0.580. The fourth-order valence-electron chi connectivity index (χ4n) is 1.31. The Labute approximate surface area is 102 Å². The van der Waals surface area contributed by atoms with Crippen molar-refractivity contribution >= 4 is 33.6 Å². The molecule has 2 rings (SSSR count). The number of aromatic nitrogens is 1. The van der Waals surface area contributed by atoms with Gasteiger partial charge in [-0.3, -0.25) is 4.79 Å². The number of carbonyl (C=O) groups is 1. The number of thiazole rings is 1. The lowest BCUT2D eigenvalue weighted by Crippen LogP contribution is -2.08. The Morgan fingerprint density at radius 2 is 2.19 bits per heavy atom. The third-order valence-corrected chi connectivity index (χ3v) is 4.35. The molecule has 0 aromatic carbocycles. The van der Waals surface area contributed by atoms with Gasteiger partial charge in [-0.25, -0.2) is 4.98 Å². The molecular weight excluding hydrogens is 240 g/mol. The molecule has 0 atom stereocenters. The second-order valence-electron chi connectivity index (χ2n) is 3.60. The molecule has 0 radical (unpaired) electrons. The van der Waals surface area contributed by atoms with Gasteiger partial charge in [0.25, 0.3) is 0 Å². The molecule has 0 spiro atoms. The lowest BCUT2D eigenvalue weighted by molar-refractivity contribution is 0.101. The van der Waals surface area contributed by atoms with Crippen LogP contribution in [0.4, 0.5) is 5.13 Å². The van der Waals surface area contributed by atoms with Gasteiger partial charge < -0.3 is 4.90 Å². The first-order valence-electron chi connectivity index (χ1n) is 4.82. The van der Waals surface area contributed by atoms with E-state index in [1.807, 2.05) is 36.5 Å². The van der Waals surface area contributed by atoms with Gasteiger partial charge in [0.05, 0.1) is 4.88 Å². The second-order valence-corrected chi connectivity index (χ2v) is 5.53. The lowest BCUT2D eigenvalue weighted by atomic mass is 10.2. The molecule has 0 saturated carbocycles. The maximum atomic E-state index is 11.5. The molecule has 84 valence electrons. The Morgan fingerprint density at radius 3 is 2.69 bits per heavy atom. The van der Waals surface area contributed by atoms with Crippen LogP contribution < -0.4 is 4.90 Å². The van der Waals surface area contributed by atoms with Crippen LogP contribution in [0.1, 0.15) is 17.4 Å². The van der Waals surface area contributed by atoms with Crippen LogP contribution in [0, 0.1) is 0 Å². The summed E-state index contributed by atoms with van der Waals surface area (Å²) in [6, 6.07) is 4.00. The molecule has 5 heteroatoms. The van der Waals surface area contributed by atoms with E-state index < -0.39 is 0 Å². The van der Waals surface area contributed by atoms with Gasteiger partial charge in [0, 0.05) is 25.9 Å². The molecule has 0 bridgehead atoms. The molecule has 16 heavy (non-hydrogen) atoms. The maximum absolute atomic E-state index is 11.5. The van der Waals surface area contributed by atoms with Gasteiger partial charge >= 0.3 is 0 Å². The molecule has 2 heterocycles. The van der Waals surface area contributed by atoms with Crippen molar-refractivity contribution < 1.29 is 4.79 Å². The number of hydrogen-bond donors (Lipinski definition) is 0. The minimum absolute atomic E-state index is 0.0211. The largest absolute Gasteiger partial charge is 0.354 e. The highest BCUT2D eigenvalue weighted by Gasteiger charge is 2.17. The van der Waals surface area contributed by atoms with E-state index in [0.29, 0.717) is 5.69 Å². The minimum atomic E-state index is 0.0211. The fourth-order valence-corrected chi connectivity index (χ4v) is 3.20. The van der Waals surface area contributed by atoms with Crippen LogP contribution in [0.3, 0.4) is 0 Å². The Bertz CT molecular complexity index is 500. The minimum Gasteiger partial charge on any atom is -0.354 e. The van der Waals surface area contributed by atoms with Crippen molar-refractivity contribution in [1.29, 1.82) is 0 Å². The number of nitrogens with zero attached hydrogens (tertiary/aromatic N) is 2. The molecule has 0 N–H and O–H groups in total. The van der Waals surface area contributed by atoms with Crippen LogP contribution >= 0.6 is 22.7 Å². The van der Waals surface area contributed by atoms with Crippen molar-refractivity contribution in [2.45, 2.75) is 6.92 Å². The van der Waals surface area contributed by atoms with Crippen LogP contribution in [0.25, 0.3) is 9.75 Å². The summed E-state index contributed by atoms with van der Waals surface area (Å²) in [5.74, 6) is 0.0211. The summed E-state index contributed by atoms with van der Waals surface area (Å²) >= 11 is 3.19. The first-order chi connectivity index (χ1) is 7.59. The molecule has 0 amide bonds. The molecular formula is C11H12N2OS2. The average Bonchev–Trinajstić information content (AvgIpc) is 2.86. The maximum Gasteiger partial charge on any atom is 0.186 e. The Kier molecular flexibility index (Phi) is 3.07. The quantitative estimate of drug-likeness (QED) is 0.787. The smallest absolute Gasteiger partial charge is 0.186 e. The molecule has 2 aromatic rings. The predicted octanol–water partition coefficient (Wildman–Crippen LogP) is 3.14. The molecule has 3 nitrogen and oxygen atoms in total. The zero-order valence-electron chi connectivity index (χ0n) is 9.35. The van der Waals surface area contributed by atoms with Gasteiger partial charge in [0.1, 0.15) is 5.69 Å². The number of anilines is 1. The van der Waals surface area contributed by atoms with Crippen molar-refractivity contribution in [3.8, 4) is 9.75 Å². The summed E-state index contributed by atoms with van der Waals surface area (Å²) in [4.78, 5) is 19.9. The number of ketones is 1. The van der Waals surface area contributed by atoms with Gasteiger partial charge in [0.15, 0.2) is 10.9 Å². The number of thiophene rings is 1. The highest BCUT2D eigenvalue weighted by atomic mass is 32.1. The third kappa shape index (κ3) is 2.01. The normalized spacial score (nSPS) is 10.4. The lowest BCUT2D eigenvalue weighted by Gasteiger charge is -2.04. The monoisotopic (exact) mass is 252 g/mol. The standard InChI is InChI=1S/C11H12N2OS2/c1-7(14)9-10(8-5-4-6-15-8)16-11(12-9)13(2)3/h4-6H,1-3H3. The van der Waals surface area contributed by atoms with E-state index in [4.69, 9.17) is 0 Å². The van der Waals surface area contributed by atoms with E-state index in [1.54, 1.807) is 29.6 Å². The van der Waals surface area contributed by atoms with Crippen LogP contribution in [-0.4, -0.2) is 24.9 Å². The van der Waals surface area contributed by atoms with Crippen LogP contribution in [0.15, 0.2) is 17.5 Å². The van der Waals surface area contributed by atoms with Crippen molar-refractivity contribution in [3.63, 3.8) is 0 Å². The first kappa shape index (κ1) is 11.3. The summed E-state index contributed by atoms with van der Waals surface area (Å²) in [7, 11) is 3.86. The number of rotatable bonds is 3. The number of carbonyl (C=O) groups excluding carboxylic acids is 1. The summed E-state index contributed by atoms with van der Waals surface area (Å²) in [6.07, 6.45) is 0.